The van der Waals surface area contributed by atoms with Crippen molar-refractivity contribution in [2.24, 2.45) is 0 Å². The van der Waals surface area contributed by atoms with Crippen molar-refractivity contribution in [1.29, 1.82) is 0 Å². The van der Waals surface area contributed by atoms with Crippen molar-refractivity contribution in [3.8, 4) is 0 Å². The van der Waals surface area contributed by atoms with Crippen LogP contribution in [0.4, 0.5) is 5.69 Å². The van der Waals surface area contributed by atoms with Crippen molar-refractivity contribution < 1.29 is 18.0 Å². The van der Waals surface area contributed by atoms with Crippen LogP contribution in [0, 0.1) is 13.8 Å². The average molecular weight is 495 g/mol. The third kappa shape index (κ3) is 4.36. The van der Waals surface area contributed by atoms with Crippen LogP contribution in [0.15, 0.2) is 72.3 Å². The van der Waals surface area contributed by atoms with Crippen LogP contribution in [0.3, 0.4) is 0 Å². The van der Waals surface area contributed by atoms with Crippen LogP contribution in [0.5, 0.6) is 0 Å². The van der Waals surface area contributed by atoms with E-state index in [1.165, 1.54) is 6.92 Å². The molecule has 1 aliphatic rings. The molecule has 0 unspecified atom stereocenters. The predicted octanol–water partition coefficient (Wildman–Crippen LogP) is 5.31. The van der Waals surface area contributed by atoms with Gasteiger partial charge >= 0.3 is 0 Å². The molecule has 4 rings (SSSR count). The molecular formula is C26H23ClN2O4S. The van der Waals surface area contributed by atoms with Crippen molar-refractivity contribution in [1.82, 2.24) is 4.31 Å². The molecule has 6 nitrogen and oxygen atoms in total. The Hall–Kier alpha value is -3.42. The van der Waals surface area contributed by atoms with Crippen LogP contribution in [-0.4, -0.2) is 24.5 Å². The molecule has 2 amide bonds. The van der Waals surface area contributed by atoms with Gasteiger partial charge in [-0.25, -0.2) is 12.7 Å². The van der Waals surface area contributed by atoms with Crippen molar-refractivity contribution in [3.63, 3.8) is 0 Å². The topological polar surface area (TPSA) is 83.6 Å². The molecule has 3 aromatic carbocycles. The standard InChI is InChI=1S/C26H23ClN2O4S/c1-16-7-11-20(12-8-16)24-18(3)26(31)29(34(24,32)33)15-19-9-13-21(14-10-19)25(30)28-23-6-4-5-22(27)17(23)2/h4-14H,15H2,1-3H3,(H,28,30). The van der Waals surface area contributed by atoms with Crippen molar-refractivity contribution in [3.05, 3.63) is 105 Å². The maximum Gasteiger partial charge on any atom is 0.268 e. The van der Waals surface area contributed by atoms with Crippen LogP contribution in [-0.2, 0) is 21.4 Å². The lowest BCUT2D eigenvalue weighted by Crippen LogP contribution is -2.30. The maximum absolute atomic E-state index is 13.2. The molecule has 0 bridgehead atoms. The van der Waals surface area contributed by atoms with Gasteiger partial charge in [0.15, 0.2) is 0 Å². The fourth-order valence-electron chi connectivity index (χ4n) is 3.79. The van der Waals surface area contributed by atoms with Crippen molar-refractivity contribution >= 4 is 44.0 Å². The minimum absolute atomic E-state index is 0.0328. The highest BCUT2D eigenvalue weighted by Crippen LogP contribution is 2.36. The first-order valence-electron chi connectivity index (χ1n) is 10.6. The molecule has 0 saturated heterocycles. The number of halogens is 1. The number of hydrogen-bond donors (Lipinski definition) is 1. The summed E-state index contributed by atoms with van der Waals surface area (Å²) in [7, 11) is -3.99. The van der Waals surface area contributed by atoms with E-state index >= 15 is 0 Å². The normalized spacial score (nSPS) is 15.1. The second-order valence-electron chi connectivity index (χ2n) is 8.20. The van der Waals surface area contributed by atoms with Crippen molar-refractivity contribution in [2.45, 2.75) is 27.3 Å². The number of amides is 2. The van der Waals surface area contributed by atoms with Gasteiger partial charge in [0, 0.05) is 21.8 Å². The van der Waals surface area contributed by atoms with E-state index in [9.17, 15) is 18.0 Å². The molecule has 0 spiro atoms. The summed E-state index contributed by atoms with van der Waals surface area (Å²) in [5, 5.41) is 3.38. The summed E-state index contributed by atoms with van der Waals surface area (Å²) in [6, 6.07) is 18.8. The summed E-state index contributed by atoms with van der Waals surface area (Å²) in [6.07, 6.45) is 0. The lowest BCUT2D eigenvalue weighted by molar-refractivity contribution is -0.122. The quantitative estimate of drug-likeness (QED) is 0.520. The number of rotatable bonds is 5. The van der Waals surface area contributed by atoms with Crippen LogP contribution < -0.4 is 5.32 Å². The fourth-order valence-corrected chi connectivity index (χ4v) is 5.77. The highest BCUT2D eigenvalue weighted by Gasteiger charge is 2.42. The van der Waals surface area contributed by atoms with Gasteiger partial charge in [-0.2, -0.15) is 0 Å². The van der Waals surface area contributed by atoms with Crippen molar-refractivity contribution in [2.75, 3.05) is 5.32 Å². The SMILES string of the molecule is CC1=C(c2ccc(C)cc2)S(=O)(=O)N(Cc2ccc(C(=O)Nc3cccc(Cl)c3C)cc2)C1=O. The number of benzene rings is 3. The van der Waals surface area contributed by atoms with E-state index < -0.39 is 15.9 Å². The molecule has 34 heavy (non-hydrogen) atoms. The largest absolute Gasteiger partial charge is 0.322 e. The maximum atomic E-state index is 13.2. The molecule has 0 radical (unpaired) electrons. The van der Waals surface area contributed by atoms with Gasteiger partial charge in [-0.1, -0.05) is 59.6 Å². The monoisotopic (exact) mass is 494 g/mol. The first-order valence-corrected chi connectivity index (χ1v) is 12.4. The van der Waals surface area contributed by atoms with Gasteiger partial charge in [0.05, 0.1) is 6.54 Å². The molecule has 0 aliphatic carbocycles. The average Bonchev–Trinajstić information content (AvgIpc) is 2.97. The zero-order valence-corrected chi connectivity index (χ0v) is 20.5. The summed E-state index contributed by atoms with van der Waals surface area (Å²) in [5.74, 6) is -0.866. The number of carbonyl (C=O) groups excluding carboxylic acids is 2. The minimum Gasteiger partial charge on any atom is -0.322 e. The van der Waals surface area contributed by atoms with E-state index in [1.807, 2.05) is 26.0 Å². The molecule has 0 atom stereocenters. The Morgan fingerprint density at radius 1 is 0.941 bits per heavy atom. The van der Waals surface area contributed by atoms with Gasteiger partial charge in [-0.15, -0.1) is 0 Å². The molecule has 3 aromatic rings. The second-order valence-corrected chi connectivity index (χ2v) is 10.4. The van der Waals surface area contributed by atoms with Gasteiger partial charge < -0.3 is 5.32 Å². The molecule has 174 valence electrons. The summed E-state index contributed by atoms with van der Waals surface area (Å²) in [5.41, 5.74) is 4.03. The number of aryl methyl sites for hydroxylation is 1. The highest BCUT2D eigenvalue weighted by molar-refractivity contribution is 7.99. The van der Waals surface area contributed by atoms with E-state index in [1.54, 1.807) is 54.6 Å². The van der Waals surface area contributed by atoms with E-state index in [4.69, 9.17) is 11.6 Å². The van der Waals surface area contributed by atoms with Gasteiger partial charge in [-0.05, 0) is 61.7 Å². The van der Waals surface area contributed by atoms with Crippen LogP contribution in [0.1, 0.15) is 39.5 Å². The lowest BCUT2D eigenvalue weighted by Gasteiger charge is -2.17. The Morgan fingerprint density at radius 2 is 1.59 bits per heavy atom. The van der Waals surface area contributed by atoms with Gasteiger partial charge in [0.1, 0.15) is 4.91 Å². The molecule has 0 saturated carbocycles. The van der Waals surface area contributed by atoms with E-state index in [0.717, 1.165) is 15.4 Å². The van der Waals surface area contributed by atoms with Crippen LogP contribution in [0.25, 0.3) is 4.91 Å². The Kier molecular flexibility index (Phi) is 6.34. The molecule has 1 N–H and O–H groups in total. The predicted molar refractivity (Wildman–Crippen MR) is 134 cm³/mol. The highest BCUT2D eigenvalue weighted by atomic mass is 35.5. The zero-order chi connectivity index (χ0) is 24.6. The van der Waals surface area contributed by atoms with E-state index in [0.29, 0.717) is 27.4 Å². The zero-order valence-electron chi connectivity index (χ0n) is 18.9. The molecule has 1 heterocycles. The van der Waals surface area contributed by atoms with Crippen LogP contribution in [0.2, 0.25) is 5.02 Å². The third-order valence-corrected chi connectivity index (χ3v) is 8.15. The van der Waals surface area contributed by atoms with Gasteiger partial charge in [0.25, 0.3) is 21.8 Å². The molecule has 1 aliphatic heterocycles. The Balaban J connectivity index is 1.52. The molecular weight excluding hydrogens is 472 g/mol. The summed E-state index contributed by atoms with van der Waals surface area (Å²) < 4.78 is 27.3. The summed E-state index contributed by atoms with van der Waals surface area (Å²) in [4.78, 5) is 25.5. The Morgan fingerprint density at radius 3 is 2.24 bits per heavy atom. The lowest BCUT2D eigenvalue weighted by atomic mass is 10.1. The number of anilines is 1. The second kappa shape index (κ2) is 9.08. The smallest absolute Gasteiger partial charge is 0.268 e. The first kappa shape index (κ1) is 23.7. The molecule has 0 fully saturated rings. The number of sulfonamides is 1. The van der Waals surface area contributed by atoms with E-state index in [2.05, 4.69) is 5.32 Å². The Labute approximate surface area is 203 Å². The minimum atomic E-state index is -3.99. The molecule has 8 heteroatoms. The number of carbonyl (C=O) groups is 2. The fraction of sp³-hybridized carbons (Fsp3) is 0.154. The first-order chi connectivity index (χ1) is 16.1. The summed E-state index contributed by atoms with van der Waals surface area (Å²) in [6.45, 7) is 5.13. The van der Waals surface area contributed by atoms with Crippen LogP contribution >= 0.6 is 11.6 Å². The third-order valence-electron chi connectivity index (χ3n) is 5.81. The van der Waals surface area contributed by atoms with Gasteiger partial charge in [0.2, 0.25) is 0 Å². The number of nitrogens with zero attached hydrogens (tertiary/aromatic N) is 1. The van der Waals surface area contributed by atoms with E-state index in [-0.39, 0.29) is 22.9 Å². The summed E-state index contributed by atoms with van der Waals surface area (Å²) >= 11 is 6.11. The van der Waals surface area contributed by atoms with Gasteiger partial charge in [-0.3, -0.25) is 9.59 Å². The molecule has 0 aromatic heterocycles. The number of nitrogens with one attached hydrogen (secondary N) is 1. The Bertz CT molecular complexity index is 1430. The number of hydrogen-bond acceptors (Lipinski definition) is 4.